The highest BCUT2D eigenvalue weighted by molar-refractivity contribution is 8.13. The molecule has 19 heavy (non-hydrogen) atoms. The molecule has 2 heterocycles. The van der Waals surface area contributed by atoms with Gasteiger partial charge in [0.05, 0.1) is 7.11 Å². The van der Waals surface area contributed by atoms with Crippen LogP contribution < -0.4 is 4.74 Å². The second-order valence-corrected chi connectivity index (χ2v) is 5.42. The van der Waals surface area contributed by atoms with Crippen LogP contribution in [0.2, 0.25) is 0 Å². The highest BCUT2D eigenvalue weighted by atomic mass is 32.2. The first-order valence-electron chi connectivity index (χ1n) is 6.17. The van der Waals surface area contributed by atoms with Crippen LogP contribution in [0, 0.1) is 0 Å². The predicted octanol–water partition coefficient (Wildman–Crippen LogP) is 2.37. The van der Waals surface area contributed by atoms with Crippen LogP contribution in [-0.2, 0) is 4.79 Å². The van der Waals surface area contributed by atoms with Crippen molar-refractivity contribution in [2.75, 3.05) is 19.4 Å². The van der Waals surface area contributed by atoms with E-state index in [0.717, 1.165) is 35.2 Å². The van der Waals surface area contributed by atoms with Gasteiger partial charge in [0.25, 0.3) is 5.91 Å². The average Bonchev–Trinajstić information content (AvgIpc) is 2.77. The Labute approximate surface area is 116 Å². The molecule has 0 radical (unpaired) electrons. The molecule has 0 aromatic heterocycles. The number of benzene rings is 1. The monoisotopic (exact) mass is 274 g/mol. The van der Waals surface area contributed by atoms with Gasteiger partial charge in [-0.05, 0) is 30.2 Å². The Morgan fingerprint density at radius 3 is 2.84 bits per heavy atom. The minimum Gasteiger partial charge on any atom is -0.497 e. The number of ether oxygens (including phenoxy) is 1. The van der Waals surface area contributed by atoms with E-state index in [-0.39, 0.29) is 5.91 Å². The van der Waals surface area contributed by atoms with Crippen LogP contribution in [0.1, 0.15) is 12.0 Å². The molecular weight excluding hydrogens is 260 g/mol. The highest BCUT2D eigenvalue weighted by Gasteiger charge is 2.32. The highest BCUT2D eigenvalue weighted by Crippen LogP contribution is 2.28. The summed E-state index contributed by atoms with van der Waals surface area (Å²) < 4.78 is 5.11. The molecule has 0 spiro atoms. The summed E-state index contributed by atoms with van der Waals surface area (Å²) in [6, 6.07) is 7.59. The first-order chi connectivity index (χ1) is 9.28. The molecule has 0 N–H and O–H groups in total. The molecule has 0 unspecified atom stereocenters. The van der Waals surface area contributed by atoms with E-state index in [4.69, 9.17) is 4.74 Å². The van der Waals surface area contributed by atoms with Gasteiger partial charge in [0.15, 0.2) is 5.17 Å². The molecule has 1 saturated heterocycles. The van der Waals surface area contributed by atoms with Crippen LogP contribution >= 0.6 is 11.8 Å². The Morgan fingerprint density at radius 2 is 2.16 bits per heavy atom. The second-order valence-electron chi connectivity index (χ2n) is 4.36. The van der Waals surface area contributed by atoms with Crippen LogP contribution in [0.5, 0.6) is 5.75 Å². The number of hydrogen-bond donors (Lipinski definition) is 0. The Morgan fingerprint density at radius 1 is 1.37 bits per heavy atom. The molecule has 2 aliphatic rings. The third-order valence-electron chi connectivity index (χ3n) is 3.09. The van der Waals surface area contributed by atoms with E-state index >= 15 is 0 Å². The van der Waals surface area contributed by atoms with E-state index in [1.807, 2.05) is 30.3 Å². The summed E-state index contributed by atoms with van der Waals surface area (Å²) in [5.41, 5.74) is 1.48. The summed E-state index contributed by atoms with van der Waals surface area (Å²) in [7, 11) is 1.63. The van der Waals surface area contributed by atoms with Crippen molar-refractivity contribution in [2.45, 2.75) is 6.42 Å². The number of carbonyl (C=O) groups is 1. The number of carbonyl (C=O) groups excluding carboxylic acids is 1. The molecule has 1 aromatic carbocycles. The Kier molecular flexibility index (Phi) is 3.29. The zero-order valence-corrected chi connectivity index (χ0v) is 11.4. The molecule has 0 atom stereocenters. The number of nitrogens with zero attached hydrogens (tertiary/aromatic N) is 2. The summed E-state index contributed by atoms with van der Waals surface area (Å²) in [5.74, 6) is 1.86. The Balaban J connectivity index is 1.87. The van der Waals surface area contributed by atoms with E-state index in [1.165, 1.54) is 0 Å². The van der Waals surface area contributed by atoms with Gasteiger partial charge in [-0.15, -0.1) is 0 Å². The van der Waals surface area contributed by atoms with Gasteiger partial charge < -0.3 is 4.74 Å². The largest absolute Gasteiger partial charge is 0.497 e. The van der Waals surface area contributed by atoms with Gasteiger partial charge in [-0.2, -0.15) is 0 Å². The Bertz CT molecular complexity index is 563. The number of aliphatic imine (C=N–C) groups is 1. The van der Waals surface area contributed by atoms with Crippen LogP contribution in [-0.4, -0.2) is 35.4 Å². The van der Waals surface area contributed by atoms with E-state index in [1.54, 1.807) is 23.8 Å². The van der Waals surface area contributed by atoms with Gasteiger partial charge >= 0.3 is 0 Å². The third-order valence-corrected chi connectivity index (χ3v) is 4.15. The number of fused-ring (bicyclic) bond motifs is 1. The van der Waals surface area contributed by atoms with Gasteiger partial charge in [0, 0.05) is 12.3 Å². The fourth-order valence-electron chi connectivity index (χ4n) is 2.08. The van der Waals surface area contributed by atoms with Crippen molar-refractivity contribution in [2.24, 2.45) is 4.99 Å². The maximum Gasteiger partial charge on any atom is 0.278 e. The van der Waals surface area contributed by atoms with Crippen molar-refractivity contribution in [3.05, 3.63) is 35.5 Å². The summed E-state index contributed by atoms with van der Waals surface area (Å²) in [4.78, 5) is 18.4. The van der Waals surface area contributed by atoms with Crippen LogP contribution in [0.4, 0.5) is 0 Å². The van der Waals surface area contributed by atoms with Crippen LogP contribution in [0.15, 0.2) is 35.0 Å². The zero-order valence-electron chi connectivity index (χ0n) is 10.6. The summed E-state index contributed by atoms with van der Waals surface area (Å²) in [6.45, 7) is 0.782. The molecule has 0 aliphatic carbocycles. The lowest BCUT2D eigenvalue weighted by molar-refractivity contribution is -0.122. The van der Waals surface area contributed by atoms with Crippen molar-refractivity contribution in [1.29, 1.82) is 0 Å². The van der Waals surface area contributed by atoms with Crippen molar-refractivity contribution >= 4 is 28.9 Å². The number of methoxy groups -OCH3 is 1. The molecule has 1 amide bonds. The number of rotatable bonds is 2. The average molecular weight is 274 g/mol. The summed E-state index contributed by atoms with van der Waals surface area (Å²) in [5, 5.41) is 0.844. The lowest BCUT2D eigenvalue weighted by Gasteiger charge is -2.21. The summed E-state index contributed by atoms with van der Waals surface area (Å²) >= 11 is 1.65. The lowest BCUT2D eigenvalue weighted by Crippen LogP contribution is -2.34. The standard InChI is InChI=1S/C14H14N2O2S/c1-18-11-5-3-10(4-6-11)9-12-13(17)16-7-2-8-19-14(16)15-12/h3-6,9H,2,7-8H2,1H3/b12-9-. The molecule has 1 fully saturated rings. The number of hydrogen-bond acceptors (Lipinski definition) is 4. The topological polar surface area (TPSA) is 41.9 Å². The van der Waals surface area contributed by atoms with Crippen molar-refractivity contribution in [3.8, 4) is 5.75 Å². The molecule has 4 nitrogen and oxygen atoms in total. The third kappa shape index (κ3) is 2.38. The first kappa shape index (κ1) is 12.3. The number of amides is 1. The molecule has 5 heteroatoms. The minimum absolute atomic E-state index is 0.0121. The molecule has 0 bridgehead atoms. The van der Waals surface area contributed by atoms with Gasteiger partial charge in [0.2, 0.25) is 0 Å². The fourth-order valence-corrected chi connectivity index (χ4v) is 3.03. The van der Waals surface area contributed by atoms with Crippen LogP contribution in [0.25, 0.3) is 6.08 Å². The molecule has 3 rings (SSSR count). The Hall–Kier alpha value is -1.75. The predicted molar refractivity (Wildman–Crippen MR) is 77.2 cm³/mol. The second kappa shape index (κ2) is 5.09. The van der Waals surface area contributed by atoms with Crippen molar-refractivity contribution in [1.82, 2.24) is 4.90 Å². The van der Waals surface area contributed by atoms with Gasteiger partial charge in [-0.1, -0.05) is 23.9 Å². The first-order valence-corrected chi connectivity index (χ1v) is 7.15. The van der Waals surface area contributed by atoms with E-state index in [0.29, 0.717) is 5.70 Å². The molecule has 0 saturated carbocycles. The molecule has 2 aliphatic heterocycles. The number of amidine groups is 1. The van der Waals surface area contributed by atoms with E-state index < -0.39 is 0 Å². The number of thioether (sulfide) groups is 1. The minimum atomic E-state index is 0.0121. The van der Waals surface area contributed by atoms with E-state index in [2.05, 4.69) is 4.99 Å². The SMILES string of the molecule is COc1ccc(/C=C2\N=C3SCCCN3C2=O)cc1. The maximum absolute atomic E-state index is 12.2. The fraction of sp³-hybridized carbons (Fsp3) is 0.286. The smallest absolute Gasteiger partial charge is 0.278 e. The van der Waals surface area contributed by atoms with Gasteiger partial charge in [0.1, 0.15) is 11.4 Å². The zero-order chi connectivity index (χ0) is 13.2. The summed E-state index contributed by atoms with van der Waals surface area (Å²) in [6.07, 6.45) is 2.86. The van der Waals surface area contributed by atoms with Gasteiger partial charge in [-0.3, -0.25) is 9.69 Å². The van der Waals surface area contributed by atoms with Crippen molar-refractivity contribution in [3.63, 3.8) is 0 Å². The van der Waals surface area contributed by atoms with Crippen molar-refractivity contribution < 1.29 is 9.53 Å². The lowest BCUT2D eigenvalue weighted by atomic mass is 10.2. The molecule has 1 aromatic rings. The van der Waals surface area contributed by atoms with Gasteiger partial charge in [-0.25, -0.2) is 4.99 Å². The quantitative estimate of drug-likeness (QED) is 0.778. The molecular formula is C14H14N2O2S. The van der Waals surface area contributed by atoms with E-state index in [9.17, 15) is 4.79 Å². The molecule has 98 valence electrons. The normalized spacial score (nSPS) is 20.5. The maximum atomic E-state index is 12.2. The van der Waals surface area contributed by atoms with Crippen LogP contribution in [0.3, 0.4) is 0 Å².